The summed E-state index contributed by atoms with van der Waals surface area (Å²) in [5.41, 5.74) is 11.1. The number of hydrogen-bond acceptors (Lipinski definition) is 9. The molecule has 0 radical (unpaired) electrons. The second kappa shape index (κ2) is 20.5. The molecule has 0 aliphatic heterocycles. The van der Waals surface area contributed by atoms with Gasteiger partial charge in [0.05, 0.1) is 35.4 Å². The highest BCUT2D eigenvalue weighted by Crippen LogP contribution is 2.34. The van der Waals surface area contributed by atoms with Gasteiger partial charge in [0.1, 0.15) is 9.79 Å². The zero-order chi connectivity index (χ0) is 35.9. The standard InChI is InChI=1S/C17H16ClNO4S.C11H13NO2.C6H4Cl2O2S.CH4.2ClH/c1-23-17(20)12-7-6-11-8-9-15(13(11)10-12)19-24(21,22)16-5-3-2-4-14(16)18;1-14-11(13)8-3-2-7-4-5-10(12)9(7)6-8;7-5-3-1-2-4-6(5)11(8,9)10;;;/h2-7,10,15,19H,8-9H2,1H3;2-3,6,10H,4-5,12H2,1H3;1-4H;1H4;2*1H/t15-;10-;;;;/m11..../s1. The van der Waals surface area contributed by atoms with Gasteiger partial charge in [-0.15, -0.1) is 24.8 Å². The summed E-state index contributed by atoms with van der Waals surface area (Å²) in [6.07, 6.45) is 3.36. The number of carbonyl (C=O) groups is 2. The van der Waals surface area contributed by atoms with E-state index in [0.29, 0.717) is 17.5 Å². The number of aryl methyl sites for hydroxylation is 2. The molecule has 2 aliphatic carbocycles. The lowest BCUT2D eigenvalue weighted by Gasteiger charge is -2.16. The summed E-state index contributed by atoms with van der Waals surface area (Å²) in [7, 11) is 0.302. The summed E-state index contributed by atoms with van der Waals surface area (Å²) in [5.74, 6) is -0.746. The second-order valence-corrected chi connectivity index (χ2v) is 16.0. The van der Waals surface area contributed by atoms with E-state index in [1.807, 2.05) is 18.2 Å². The van der Waals surface area contributed by atoms with Gasteiger partial charge in [-0.1, -0.05) is 67.0 Å². The van der Waals surface area contributed by atoms with Gasteiger partial charge in [0.15, 0.2) is 0 Å². The zero-order valence-corrected chi connectivity index (χ0v) is 32.7. The normalized spacial score (nSPS) is 15.3. The van der Waals surface area contributed by atoms with Gasteiger partial charge in [0.2, 0.25) is 10.0 Å². The predicted molar refractivity (Wildman–Crippen MR) is 209 cm³/mol. The lowest BCUT2D eigenvalue weighted by molar-refractivity contribution is 0.0591. The van der Waals surface area contributed by atoms with Gasteiger partial charge in [-0.3, -0.25) is 0 Å². The highest BCUT2D eigenvalue weighted by molar-refractivity contribution is 8.13. The first-order valence-electron chi connectivity index (χ1n) is 14.8. The van der Waals surface area contributed by atoms with Gasteiger partial charge >= 0.3 is 11.9 Å². The maximum Gasteiger partial charge on any atom is 0.337 e. The maximum absolute atomic E-state index is 12.6. The third-order valence-corrected chi connectivity index (χ3v) is 11.7. The first-order valence-corrected chi connectivity index (χ1v) is 19.3. The number of nitrogens with two attached hydrogens (primary N) is 1. The molecule has 17 heteroatoms. The number of rotatable bonds is 6. The van der Waals surface area contributed by atoms with Crippen LogP contribution in [0.2, 0.25) is 10.0 Å². The van der Waals surface area contributed by atoms with E-state index in [9.17, 15) is 26.4 Å². The van der Waals surface area contributed by atoms with Crippen LogP contribution in [0.4, 0.5) is 0 Å². The Balaban J connectivity index is 0.000000414. The quantitative estimate of drug-likeness (QED) is 0.144. The van der Waals surface area contributed by atoms with Gasteiger partial charge in [0, 0.05) is 22.8 Å². The van der Waals surface area contributed by atoms with Crippen molar-refractivity contribution in [2.24, 2.45) is 5.73 Å². The van der Waals surface area contributed by atoms with E-state index >= 15 is 0 Å². The molecule has 10 nitrogen and oxygen atoms in total. The fourth-order valence-electron chi connectivity index (χ4n) is 5.40. The van der Waals surface area contributed by atoms with Crippen molar-refractivity contribution in [2.45, 2.75) is 55.0 Å². The van der Waals surface area contributed by atoms with Crippen molar-refractivity contribution in [1.29, 1.82) is 0 Å². The average molecular weight is 857 g/mol. The third kappa shape index (κ3) is 11.8. The van der Waals surface area contributed by atoms with Gasteiger partial charge < -0.3 is 15.2 Å². The van der Waals surface area contributed by atoms with Crippen LogP contribution in [-0.2, 0) is 41.4 Å². The first-order chi connectivity index (χ1) is 23.2. The number of ether oxygens (including phenoxy) is 2. The molecule has 0 bridgehead atoms. The Bertz CT molecular complexity index is 2080. The van der Waals surface area contributed by atoms with Gasteiger partial charge in [-0.05, 0) is 96.5 Å². The summed E-state index contributed by atoms with van der Waals surface area (Å²) < 4.78 is 58.7. The molecule has 2 aliphatic rings. The van der Waals surface area contributed by atoms with Crippen LogP contribution in [0.15, 0.2) is 94.7 Å². The SMILES string of the molecule is C.COC(=O)c1ccc2c(c1)[C@H](N)CC2.COC(=O)c1ccc2c(c1)[C@H](NS(=O)(=O)c1ccccc1Cl)CC2.Cl.Cl.O=S(=O)(Cl)c1ccccc1Cl. The fraction of sp³-hybridized carbons (Fsp3) is 0.257. The van der Waals surface area contributed by atoms with E-state index in [0.717, 1.165) is 36.0 Å². The Morgan fingerprint density at radius 1 is 0.712 bits per heavy atom. The Labute approximate surface area is 331 Å². The van der Waals surface area contributed by atoms with E-state index in [1.54, 1.807) is 42.5 Å². The molecule has 0 saturated heterocycles. The molecular weight excluding hydrogens is 818 g/mol. The van der Waals surface area contributed by atoms with Crippen LogP contribution < -0.4 is 10.5 Å². The lowest BCUT2D eigenvalue weighted by atomic mass is 10.0. The molecule has 0 fully saturated rings. The molecule has 3 N–H and O–H groups in total. The minimum absolute atomic E-state index is 0. The molecule has 0 aromatic heterocycles. The summed E-state index contributed by atoms with van der Waals surface area (Å²) in [4.78, 5) is 22.9. The smallest absolute Gasteiger partial charge is 0.337 e. The minimum Gasteiger partial charge on any atom is -0.465 e. The number of carbonyl (C=O) groups excluding carboxylic acids is 2. The van der Waals surface area contributed by atoms with Gasteiger partial charge in [-0.25, -0.2) is 31.1 Å². The van der Waals surface area contributed by atoms with E-state index in [2.05, 4.69) is 9.46 Å². The molecular formula is C35H39Cl5N2O8S2. The third-order valence-electron chi connectivity index (χ3n) is 7.86. The molecule has 6 rings (SSSR count). The number of esters is 2. The van der Waals surface area contributed by atoms with Crippen LogP contribution in [0.3, 0.4) is 0 Å². The van der Waals surface area contributed by atoms with E-state index in [1.165, 1.54) is 44.0 Å². The van der Waals surface area contributed by atoms with Crippen molar-refractivity contribution in [2.75, 3.05) is 14.2 Å². The lowest BCUT2D eigenvalue weighted by Crippen LogP contribution is -2.27. The summed E-state index contributed by atoms with van der Waals surface area (Å²) in [6, 6.07) is 22.8. The van der Waals surface area contributed by atoms with Gasteiger partial charge in [-0.2, -0.15) is 0 Å². The first kappa shape index (κ1) is 47.1. The Morgan fingerprint density at radius 3 is 1.62 bits per heavy atom. The molecule has 4 aromatic carbocycles. The van der Waals surface area contributed by atoms with E-state index in [4.69, 9.17) is 44.4 Å². The van der Waals surface area contributed by atoms with E-state index in [-0.39, 0.29) is 64.1 Å². The van der Waals surface area contributed by atoms with E-state index < -0.39 is 31.1 Å². The number of fused-ring (bicyclic) bond motifs is 2. The molecule has 0 amide bonds. The van der Waals surface area contributed by atoms with Crippen LogP contribution in [0, 0.1) is 0 Å². The molecule has 0 unspecified atom stereocenters. The predicted octanol–water partition coefficient (Wildman–Crippen LogP) is 8.26. The molecule has 0 spiro atoms. The van der Waals surface area contributed by atoms with Crippen molar-refractivity contribution >= 4 is 89.7 Å². The zero-order valence-electron chi connectivity index (χ0n) is 27.2. The van der Waals surface area contributed by atoms with Crippen molar-refractivity contribution in [1.82, 2.24) is 4.72 Å². The van der Waals surface area contributed by atoms with Crippen molar-refractivity contribution in [3.8, 4) is 0 Å². The monoisotopic (exact) mass is 854 g/mol. The summed E-state index contributed by atoms with van der Waals surface area (Å²) >= 11 is 11.5. The van der Waals surface area contributed by atoms with Crippen LogP contribution in [0.25, 0.3) is 0 Å². The van der Waals surface area contributed by atoms with Crippen molar-refractivity contribution in [3.05, 3.63) is 128 Å². The number of halogens is 5. The minimum atomic E-state index is -3.75. The molecule has 284 valence electrons. The number of methoxy groups -OCH3 is 2. The highest BCUT2D eigenvalue weighted by Gasteiger charge is 2.29. The van der Waals surface area contributed by atoms with Crippen LogP contribution in [-0.4, -0.2) is 43.0 Å². The average Bonchev–Trinajstić information content (AvgIpc) is 3.66. The molecule has 4 aromatic rings. The Morgan fingerprint density at radius 2 is 1.15 bits per heavy atom. The second-order valence-electron chi connectivity index (χ2n) is 11.0. The Hall–Kier alpha value is -2.91. The fourth-order valence-corrected chi connectivity index (χ4v) is 8.68. The number of nitrogens with one attached hydrogen (secondary N) is 1. The molecule has 52 heavy (non-hydrogen) atoms. The van der Waals surface area contributed by atoms with Crippen LogP contribution in [0.5, 0.6) is 0 Å². The molecule has 0 saturated carbocycles. The molecule has 2 atom stereocenters. The molecule has 0 heterocycles. The number of benzene rings is 4. The van der Waals surface area contributed by atoms with Crippen LogP contribution >= 0.6 is 58.7 Å². The topological polar surface area (TPSA) is 159 Å². The van der Waals surface area contributed by atoms with Gasteiger partial charge in [0.25, 0.3) is 9.05 Å². The maximum atomic E-state index is 12.6. The number of sulfonamides is 1. The Kier molecular flexibility index (Phi) is 18.6. The number of hydrogen-bond donors (Lipinski definition) is 2. The van der Waals surface area contributed by atoms with Crippen molar-refractivity contribution in [3.63, 3.8) is 0 Å². The summed E-state index contributed by atoms with van der Waals surface area (Å²) in [6.45, 7) is 0. The highest BCUT2D eigenvalue weighted by atomic mass is 35.7. The van der Waals surface area contributed by atoms with Crippen LogP contribution in [0.1, 0.15) is 75.3 Å². The summed E-state index contributed by atoms with van der Waals surface area (Å²) in [5, 5.41) is 0.314. The van der Waals surface area contributed by atoms with Crippen molar-refractivity contribution < 1.29 is 35.9 Å². The largest absolute Gasteiger partial charge is 0.465 e.